The Morgan fingerprint density at radius 3 is 2.83 bits per heavy atom. The van der Waals surface area contributed by atoms with Crippen LogP contribution in [-0.4, -0.2) is 5.91 Å². The number of thiophene rings is 1. The summed E-state index contributed by atoms with van der Waals surface area (Å²) in [5.41, 5.74) is 1.20. The van der Waals surface area contributed by atoms with Crippen LogP contribution in [0.15, 0.2) is 28.1 Å². The zero-order valence-corrected chi connectivity index (χ0v) is 12.4. The summed E-state index contributed by atoms with van der Waals surface area (Å²) in [4.78, 5) is 12.4. The number of carbonyl (C=O) groups is 1. The molecule has 0 bridgehead atoms. The molecule has 0 atom stereocenters. The molecule has 2 aromatic rings. The molecule has 2 rings (SSSR count). The van der Waals surface area contributed by atoms with E-state index in [0.717, 1.165) is 0 Å². The standard InChI is InChI=1S/C12H8BrClFNOS/c1-6-4-9(15)7(13)5-10(6)16-12(17)11-8(14)2-3-18-11/h2-5H,1H3,(H,16,17). The average molecular weight is 349 g/mol. The van der Waals surface area contributed by atoms with Crippen LogP contribution in [0.1, 0.15) is 15.2 Å². The van der Waals surface area contributed by atoms with Crippen LogP contribution in [0.4, 0.5) is 10.1 Å². The number of nitrogens with one attached hydrogen (secondary N) is 1. The number of rotatable bonds is 2. The lowest BCUT2D eigenvalue weighted by Gasteiger charge is -2.09. The molecule has 0 unspecified atom stereocenters. The number of hydrogen-bond donors (Lipinski definition) is 1. The molecular weight excluding hydrogens is 341 g/mol. The van der Waals surface area contributed by atoms with Crippen LogP contribution in [0.2, 0.25) is 5.02 Å². The molecule has 2 nitrogen and oxygen atoms in total. The van der Waals surface area contributed by atoms with Gasteiger partial charge in [0.1, 0.15) is 10.7 Å². The highest BCUT2D eigenvalue weighted by molar-refractivity contribution is 9.10. The Hall–Kier alpha value is -0.910. The van der Waals surface area contributed by atoms with Gasteiger partial charge in [-0.25, -0.2) is 4.39 Å². The minimum atomic E-state index is -0.361. The molecule has 18 heavy (non-hydrogen) atoms. The third-order valence-electron chi connectivity index (χ3n) is 2.34. The van der Waals surface area contributed by atoms with Crippen LogP contribution in [0.3, 0.4) is 0 Å². The van der Waals surface area contributed by atoms with Gasteiger partial charge in [-0.3, -0.25) is 4.79 Å². The Kier molecular flexibility index (Phi) is 4.04. The lowest BCUT2D eigenvalue weighted by molar-refractivity contribution is 0.103. The van der Waals surface area contributed by atoms with Gasteiger partial charge in [0.05, 0.1) is 9.50 Å². The normalized spacial score (nSPS) is 10.4. The van der Waals surface area contributed by atoms with Gasteiger partial charge in [-0.15, -0.1) is 11.3 Å². The fourth-order valence-corrected chi connectivity index (χ4v) is 2.80. The summed E-state index contributed by atoms with van der Waals surface area (Å²) in [6.07, 6.45) is 0. The molecule has 0 fully saturated rings. The highest BCUT2D eigenvalue weighted by atomic mass is 79.9. The van der Waals surface area contributed by atoms with Gasteiger partial charge in [-0.05, 0) is 52.0 Å². The molecule has 1 N–H and O–H groups in total. The summed E-state index contributed by atoms with van der Waals surface area (Å²) in [6, 6.07) is 4.55. The number of aryl methyl sites for hydroxylation is 1. The minimum absolute atomic E-state index is 0.295. The summed E-state index contributed by atoms with van der Waals surface area (Å²) in [5, 5.41) is 4.87. The maximum atomic E-state index is 13.3. The first-order valence-corrected chi connectivity index (χ1v) is 7.04. The number of hydrogen-bond acceptors (Lipinski definition) is 2. The third-order valence-corrected chi connectivity index (χ3v) is 4.29. The zero-order valence-electron chi connectivity index (χ0n) is 9.26. The fraction of sp³-hybridized carbons (Fsp3) is 0.0833. The molecular formula is C12H8BrClFNOS. The van der Waals surface area contributed by atoms with Gasteiger partial charge in [0.25, 0.3) is 5.91 Å². The lowest BCUT2D eigenvalue weighted by Crippen LogP contribution is -2.11. The first kappa shape index (κ1) is 13.5. The molecule has 6 heteroatoms. The summed E-state index contributed by atoms with van der Waals surface area (Å²) in [7, 11) is 0. The average Bonchev–Trinajstić information content (AvgIpc) is 2.72. The maximum Gasteiger partial charge on any atom is 0.267 e. The highest BCUT2D eigenvalue weighted by Crippen LogP contribution is 2.27. The van der Waals surface area contributed by atoms with Gasteiger partial charge >= 0.3 is 0 Å². The summed E-state index contributed by atoms with van der Waals surface area (Å²) >= 11 is 10.2. The van der Waals surface area contributed by atoms with E-state index in [2.05, 4.69) is 21.2 Å². The van der Waals surface area contributed by atoms with Crippen molar-refractivity contribution in [3.05, 3.63) is 49.3 Å². The second kappa shape index (κ2) is 5.38. The van der Waals surface area contributed by atoms with E-state index >= 15 is 0 Å². The molecule has 0 aliphatic heterocycles. The summed E-state index contributed by atoms with van der Waals surface area (Å²) < 4.78 is 13.6. The number of amides is 1. The summed E-state index contributed by atoms with van der Waals surface area (Å²) in [5.74, 6) is -0.656. The first-order valence-electron chi connectivity index (χ1n) is 4.99. The van der Waals surface area contributed by atoms with E-state index in [1.807, 2.05) is 0 Å². The molecule has 0 spiro atoms. The minimum Gasteiger partial charge on any atom is -0.321 e. The van der Waals surface area contributed by atoms with Gasteiger partial charge in [-0.1, -0.05) is 11.6 Å². The van der Waals surface area contributed by atoms with E-state index in [0.29, 0.717) is 25.6 Å². The van der Waals surface area contributed by atoms with Gasteiger partial charge in [0, 0.05) is 5.69 Å². The predicted molar refractivity (Wildman–Crippen MR) is 76.1 cm³/mol. The van der Waals surface area contributed by atoms with E-state index in [4.69, 9.17) is 11.6 Å². The number of halogens is 3. The Bertz CT molecular complexity index is 614. The first-order chi connectivity index (χ1) is 8.49. The van der Waals surface area contributed by atoms with Crippen LogP contribution in [-0.2, 0) is 0 Å². The fourth-order valence-electron chi connectivity index (χ4n) is 1.42. The molecule has 1 aromatic carbocycles. The Morgan fingerprint density at radius 1 is 1.50 bits per heavy atom. The van der Waals surface area contributed by atoms with E-state index in [1.54, 1.807) is 18.4 Å². The van der Waals surface area contributed by atoms with Crippen molar-refractivity contribution in [2.24, 2.45) is 0 Å². The lowest BCUT2D eigenvalue weighted by atomic mass is 10.2. The largest absolute Gasteiger partial charge is 0.321 e. The van der Waals surface area contributed by atoms with Gasteiger partial charge in [0.2, 0.25) is 0 Å². The van der Waals surface area contributed by atoms with Crippen molar-refractivity contribution in [2.45, 2.75) is 6.92 Å². The molecule has 1 aromatic heterocycles. The predicted octanol–water partition coefficient (Wildman–Crippen LogP) is 4.86. The van der Waals surface area contributed by atoms with Crippen LogP contribution < -0.4 is 5.32 Å². The molecule has 0 radical (unpaired) electrons. The SMILES string of the molecule is Cc1cc(F)c(Br)cc1NC(=O)c1sccc1Cl. The van der Waals surface area contributed by atoms with Gasteiger partial charge in [-0.2, -0.15) is 0 Å². The van der Waals surface area contributed by atoms with E-state index in [-0.39, 0.29) is 11.7 Å². The van der Waals surface area contributed by atoms with Crippen molar-refractivity contribution in [2.75, 3.05) is 5.32 Å². The zero-order chi connectivity index (χ0) is 13.3. The second-order valence-corrected chi connectivity index (χ2v) is 5.81. The molecule has 0 saturated carbocycles. The molecule has 0 aliphatic carbocycles. The van der Waals surface area contributed by atoms with Crippen LogP contribution in [0.25, 0.3) is 0 Å². The Balaban J connectivity index is 2.28. The number of carbonyl (C=O) groups excluding carboxylic acids is 1. The topological polar surface area (TPSA) is 29.1 Å². The van der Waals surface area contributed by atoms with E-state index in [1.165, 1.54) is 23.5 Å². The monoisotopic (exact) mass is 347 g/mol. The number of anilines is 1. The molecule has 1 heterocycles. The van der Waals surface area contributed by atoms with Crippen molar-refractivity contribution in [1.82, 2.24) is 0 Å². The summed E-state index contributed by atoms with van der Waals surface area (Å²) in [6.45, 7) is 1.72. The maximum absolute atomic E-state index is 13.3. The quantitative estimate of drug-likeness (QED) is 0.824. The molecule has 0 aliphatic rings. The molecule has 0 saturated heterocycles. The van der Waals surface area contributed by atoms with Crippen molar-refractivity contribution < 1.29 is 9.18 Å². The van der Waals surface area contributed by atoms with Gasteiger partial charge in [0.15, 0.2) is 0 Å². The van der Waals surface area contributed by atoms with Gasteiger partial charge < -0.3 is 5.32 Å². The smallest absolute Gasteiger partial charge is 0.267 e. The van der Waals surface area contributed by atoms with Crippen LogP contribution in [0.5, 0.6) is 0 Å². The van der Waals surface area contributed by atoms with E-state index in [9.17, 15) is 9.18 Å². The van der Waals surface area contributed by atoms with Crippen molar-refractivity contribution >= 4 is 50.5 Å². The Morgan fingerprint density at radius 2 is 2.22 bits per heavy atom. The van der Waals surface area contributed by atoms with E-state index < -0.39 is 0 Å². The third kappa shape index (κ3) is 2.74. The molecule has 94 valence electrons. The second-order valence-electron chi connectivity index (χ2n) is 3.63. The number of benzene rings is 1. The molecule has 1 amide bonds. The van der Waals surface area contributed by atoms with Crippen molar-refractivity contribution in [1.29, 1.82) is 0 Å². The van der Waals surface area contributed by atoms with Crippen molar-refractivity contribution in [3.63, 3.8) is 0 Å². The van der Waals surface area contributed by atoms with Crippen molar-refractivity contribution in [3.8, 4) is 0 Å². The highest BCUT2D eigenvalue weighted by Gasteiger charge is 2.14. The van der Waals surface area contributed by atoms with Crippen LogP contribution in [0, 0.1) is 12.7 Å². The van der Waals surface area contributed by atoms with Crippen LogP contribution >= 0.6 is 38.9 Å². The Labute approximate surface area is 121 Å².